The van der Waals surface area contributed by atoms with Crippen LogP contribution in [0.4, 0.5) is 9.59 Å². The lowest BCUT2D eigenvalue weighted by molar-refractivity contribution is -0.220. The highest BCUT2D eigenvalue weighted by atomic mass is 16.6. The van der Waals surface area contributed by atoms with E-state index in [1.807, 2.05) is 48.5 Å². The first-order chi connectivity index (χ1) is 15.0. The van der Waals surface area contributed by atoms with Gasteiger partial charge < -0.3 is 14.8 Å². The maximum atomic E-state index is 12.9. The van der Waals surface area contributed by atoms with E-state index >= 15 is 0 Å². The summed E-state index contributed by atoms with van der Waals surface area (Å²) in [7, 11) is 0. The summed E-state index contributed by atoms with van der Waals surface area (Å²) < 4.78 is 11.2. The van der Waals surface area contributed by atoms with Crippen LogP contribution in [0.15, 0.2) is 67.3 Å². The van der Waals surface area contributed by atoms with Gasteiger partial charge in [0.25, 0.3) is 0 Å². The molecule has 6 heteroatoms. The first-order valence-corrected chi connectivity index (χ1v) is 10.7. The zero-order valence-corrected chi connectivity index (χ0v) is 17.4. The van der Waals surface area contributed by atoms with Gasteiger partial charge in [0, 0.05) is 25.8 Å². The van der Waals surface area contributed by atoms with E-state index in [4.69, 9.17) is 9.47 Å². The summed E-state index contributed by atoms with van der Waals surface area (Å²) in [6.07, 6.45) is 3.77. The summed E-state index contributed by atoms with van der Waals surface area (Å²) >= 11 is 0. The Kier molecular flexibility index (Phi) is 4.73. The predicted molar refractivity (Wildman–Crippen MR) is 115 cm³/mol. The topological polar surface area (TPSA) is 67.9 Å². The van der Waals surface area contributed by atoms with Gasteiger partial charge in [0.15, 0.2) is 0 Å². The molecule has 3 aliphatic carbocycles. The number of hydrogen-bond acceptors (Lipinski definition) is 4. The van der Waals surface area contributed by atoms with E-state index in [0.717, 1.165) is 17.5 Å². The van der Waals surface area contributed by atoms with E-state index in [1.165, 1.54) is 5.56 Å². The van der Waals surface area contributed by atoms with Crippen molar-refractivity contribution < 1.29 is 19.1 Å². The SMILES string of the molecule is C=C[C@H]1c2ccccc2CCN1C(=O)OC12CC(NC(=O)OCc3ccccc3)(C1)C2. The van der Waals surface area contributed by atoms with E-state index in [9.17, 15) is 9.59 Å². The van der Waals surface area contributed by atoms with Gasteiger partial charge in [-0.05, 0) is 23.1 Å². The molecule has 2 aromatic carbocycles. The van der Waals surface area contributed by atoms with E-state index in [0.29, 0.717) is 25.8 Å². The lowest BCUT2D eigenvalue weighted by Gasteiger charge is -2.68. The number of carbonyl (C=O) groups is 2. The molecule has 6 rings (SSSR count). The van der Waals surface area contributed by atoms with Crippen LogP contribution < -0.4 is 5.32 Å². The average molecular weight is 418 g/mol. The number of carbonyl (C=O) groups excluding carboxylic acids is 2. The first-order valence-electron chi connectivity index (χ1n) is 10.7. The number of fused-ring (bicyclic) bond motifs is 1. The first kappa shape index (κ1) is 19.7. The van der Waals surface area contributed by atoms with Gasteiger partial charge in [-0.1, -0.05) is 60.7 Å². The normalized spacial score (nSPS) is 27.7. The molecule has 160 valence electrons. The van der Waals surface area contributed by atoms with Gasteiger partial charge in [-0.25, -0.2) is 9.59 Å². The zero-order chi connectivity index (χ0) is 21.5. The Hall–Kier alpha value is -3.28. The number of nitrogens with zero attached hydrogens (tertiary/aromatic N) is 1. The highest BCUT2D eigenvalue weighted by Gasteiger charge is 2.72. The number of amides is 2. The second-order valence-corrected chi connectivity index (χ2v) is 8.87. The van der Waals surface area contributed by atoms with Crippen molar-refractivity contribution >= 4 is 12.2 Å². The van der Waals surface area contributed by atoms with Crippen molar-refractivity contribution in [2.45, 2.75) is 49.5 Å². The minimum Gasteiger partial charge on any atom is -0.445 e. The van der Waals surface area contributed by atoms with Crippen molar-refractivity contribution in [3.63, 3.8) is 0 Å². The van der Waals surface area contributed by atoms with Crippen molar-refractivity contribution in [3.8, 4) is 0 Å². The summed E-state index contributed by atoms with van der Waals surface area (Å²) in [6.45, 7) is 4.78. The Morgan fingerprint density at radius 1 is 1.10 bits per heavy atom. The molecule has 3 saturated carbocycles. The molecule has 0 radical (unpaired) electrons. The molecule has 4 aliphatic rings. The molecule has 31 heavy (non-hydrogen) atoms. The second-order valence-electron chi connectivity index (χ2n) is 8.87. The fourth-order valence-corrected chi connectivity index (χ4v) is 5.21. The molecule has 2 bridgehead atoms. The van der Waals surface area contributed by atoms with Crippen LogP contribution in [-0.4, -0.2) is 34.8 Å². The highest BCUT2D eigenvalue weighted by Crippen LogP contribution is 2.63. The number of benzene rings is 2. The third kappa shape index (κ3) is 3.56. The number of ether oxygens (including phenoxy) is 2. The molecule has 6 nitrogen and oxygen atoms in total. The monoisotopic (exact) mass is 418 g/mol. The van der Waals surface area contributed by atoms with Gasteiger partial charge in [-0.3, -0.25) is 4.90 Å². The summed E-state index contributed by atoms with van der Waals surface area (Å²) in [6, 6.07) is 17.5. The molecular weight excluding hydrogens is 392 g/mol. The Morgan fingerprint density at radius 3 is 2.55 bits per heavy atom. The van der Waals surface area contributed by atoms with Crippen molar-refractivity contribution in [2.75, 3.05) is 6.54 Å². The van der Waals surface area contributed by atoms with Crippen LogP contribution in [0.1, 0.15) is 42.0 Å². The van der Waals surface area contributed by atoms with E-state index in [-0.39, 0.29) is 24.3 Å². The Balaban J connectivity index is 1.13. The van der Waals surface area contributed by atoms with Gasteiger partial charge in [-0.15, -0.1) is 6.58 Å². The summed E-state index contributed by atoms with van der Waals surface area (Å²) in [5, 5.41) is 2.96. The third-order valence-electron chi connectivity index (χ3n) is 6.65. The molecule has 1 atom stereocenters. The van der Waals surface area contributed by atoms with Crippen LogP contribution in [0.5, 0.6) is 0 Å². The van der Waals surface area contributed by atoms with Gasteiger partial charge in [0.2, 0.25) is 0 Å². The summed E-state index contributed by atoms with van der Waals surface area (Å²) in [5.41, 5.74) is 2.53. The molecular formula is C25H26N2O4. The van der Waals surface area contributed by atoms with Crippen LogP contribution in [0.2, 0.25) is 0 Å². The van der Waals surface area contributed by atoms with Gasteiger partial charge in [0.05, 0.1) is 11.6 Å². The second kappa shape index (κ2) is 7.45. The largest absolute Gasteiger partial charge is 0.445 e. The lowest BCUT2D eigenvalue weighted by atomic mass is 9.46. The Morgan fingerprint density at radius 2 is 1.81 bits per heavy atom. The van der Waals surface area contributed by atoms with Crippen molar-refractivity contribution in [3.05, 3.63) is 83.9 Å². The number of rotatable bonds is 5. The molecule has 0 aromatic heterocycles. The molecule has 1 heterocycles. The van der Waals surface area contributed by atoms with E-state index < -0.39 is 11.7 Å². The Bertz CT molecular complexity index is 999. The molecule has 1 N–H and O–H groups in total. The lowest BCUT2D eigenvalue weighted by Crippen LogP contribution is -2.80. The van der Waals surface area contributed by atoms with Gasteiger partial charge in [-0.2, -0.15) is 0 Å². The van der Waals surface area contributed by atoms with Crippen molar-refractivity contribution in [1.29, 1.82) is 0 Å². The summed E-state index contributed by atoms with van der Waals surface area (Å²) in [4.78, 5) is 26.9. The summed E-state index contributed by atoms with van der Waals surface area (Å²) in [5.74, 6) is 0. The third-order valence-corrected chi connectivity index (χ3v) is 6.65. The zero-order valence-electron chi connectivity index (χ0n) is 17.4. The van der Waals surface area contributed by atoms with E-state index in [1.54, 1.807) is 11.0 Å². The average Bonchev–Trinajstić information content (AvgIpc) is 2.75. The smallest absolute Gasteiger partial charge is 0.411 e. The quantitative estimate of drug-likeness (QED) is 0.726. The van der Waals surface area contributed by atoms with Crippen molar-refractivity contribution in [1.82, 2.24) is 10.2 Å². The molecule has 1 aliphatic heterocycles. The minimum atomic E-state index is -0.466. The predicted octanol–water partition coefficient (Wildman–Crippen LogP) is 4.51. The fraction of sp³-hybridized carbons (Fsp3) is 0.360. The molecule has 0 spiro atoms. The molecule has 3 fully saturated rings. The molecule has 2 amide bonds. The minimum absolute atomic E-state index is 0.176. The molecule has 0 unspecified atom stereocenters. The van der Waals surface area contributed by atoms with Crippen LogP contribution in [0.3, 0.4) is 0 Å². The maximum absolute atomic E-state index is 12.9. The fourth-order valence-electron chi connectivity index (χ4n) is 5.21. The van der Waals surface area contributed by atoms with Gasteiger partial charge in [0.1, 0.15) is 12.2 Å². The maximum Gasteiger partial charge on any atom is 0.411 e. The van der Waals surface area contributed by atoms with Crippen LogP contribution in [0.25, 0.3) is 0 Å². The van der Waals surface area contributed by atoms with Crippen molar-refractivity contribution in [2.24, 2.45) is 0 Å². The highest BCUT2D eigenvalue weighted by molar-refractivity contribution is 5.72. The number of nitrogens with one attached hydrogen (secondary N) is 1. The number of alkyl carbamates (subject to hydrolysis) is 1. The standard InChI is InChI=1S/C25H26N2O4/c1-2-21-20-11-7-6-10-19(20)12-13-27(21)23(29)31-25-15-24(16-25,17-25)26-22(28)30-14-18-8-4-3-5-9-18/h2-11,21H,1,12-17H2,(H,26,28)/t21-,24?,25?/m0/s1. The molecule has 0 saturated heterocycles. The Labute approximate surface area is 181 Å². The van der Waals surface area contributed by atoms with Crippen LogP contribution in [-0.2, 0) is 22.5 Å². The molecule has 2 aromatic rings. The van der Waals surface area contributed by atoms with Gasteiger partial charge >= 0.3 is 12.2 Å². The van der Waals surface area contributed by atoms with E-state index in [2.05, 4.69) is 18.0 Å². The van der Waals surface area contributed by atoms with Crippen LogP contribution in [0, 0.1) is 0 Å². The number of hydrogen-bond donors (Lipinski definition) is 1. The van der Waals surface area contributed by atoms with Crippen LogP contribution >= 0.6 is 0 Å².